The van der Waals surface area contributed by atoms with Crippen molar-refractivity contribution >= 4 is 10.8 Å². The van der Waals surface area contributed by atoms with Crippen LogP contribution >= 0.6 is 0 Å². The Morgan fingerprint density at radius 2 is 1.79 bits per heavy atom. The van der Waals surface area contributed by atoms with Crippen LogP contribution < -0.4 is 10.6 Å². The summed E-state index contributed by atoms with van der Waals surface area (Å²) in [5.74, 6) is 8.43. The number of imidazole rings is 2. The molecule has 164 valence electrons. The van der Waals surface area contributed by atoms with Gasteiger partial charge >= 0.3 is 0 Å². The molecule has 4 N–H and O–H groups in total. The lowest BCUT2D eigenvalue weighted by molar-refractivity contribution is 0.612. The van der Waals surface area contributed by atoms with Gasteiger partial charge in [-0.15, -0.1) is 0 Å². The second-order valence-electron chi connectivity index (χ2n) is 8.91. The number of hydrogen-bond acceptors (Lipinski definition) is 4. The van der Waals surface area contributed by atoms with Crippen molar-refractivity contribution in [2.24, 2.45) is 0 Å². The molecule has 2 aromatic carbocycles. The summed E-state index contributed by atoms with van der Waals surface area (Å²) in [6, 6.07) is 13.3. The molecule has 0 amide bonds. The first kappa shape index (κ1) is 20.0. The Hall–Kier alpha value is -3.66. The minimum Gasteiger partial charge on any atom is -0.340 e. The summed E-state index contributed by atoms with van der Waals surface area (Å²) in [6.45, 7) is 4.11. The van der Waals surface area contributed by atoms with Crippen molar-refractivity contribution in [2.75, 3.05) is 13.1 Å². The zero-order chi connectivity index (χ0) is 22.2. The van der Waals surface area contributed by atoms with Gasteiger partial charge in [-0.2, -0.15) is 0 Å². The lowest BCUT2D eigenvalue weighted by Crippen LogP contribution is -2.15. The van der Waals surface area contributed by atoms with E-state index in [1.807, 2.05) is 12.4 Å². The predicted molar refractivity (Wildman–Crippen MR) is 131 cm³/mol. The zero-order valence-electron chi connectivity index (χ0n) is 18.6. The highest BCUT2D eigenvalue weighted by atomic mass is 15.0. The highest BCUT2D eigenvalue weighted by Crippen LogP contribution is 2.26. The lowest BCUT2D eigenvalue weighted by atomic mass is 10.0. The Balaban J connectivity index is 1.21. The molecule has 1 fully saturated rings. The van der Waals surface area contributed by atoms with Gasteiger partial charge < -0.3 is 20.6 Å². The normalized spacial score (nSPS) is 20.1. The SMILES string of the molecule is CC1=CC(c2ncc(-c3ccc4cc(C#Cc5cnc(C6CCCN6)[nH]5)ccc4c3)[nH]2)NC1. The summed E-state index contributed by atoms with van der Waals surface area (Å²) in [5, 5.41) is 9.26. The third-order valence-electron chi connectivity index (χ3n) is 6.42. The predicted octanol–water partition coefficient (Wildman–Crippen LogP) is 4.37. The van der Waals surface area contributed by atoms with Crippen molar-refractivity contribution in [3.63, 3.8) is 0 Å². The molecule has 6 nitrogen and oxygen atoms in total. The molecule has 0 spiro atoms. The second-order valence-corrected chi connectivity index (χ2v) is 8.91. The molecule has 2 aliphatic rings. The monoisotopic (exact) mass is 434 g/mol. The van der Waals surface area contributed by atoms with Crippen LogP contribution in [0.1, 0.15) is 54.8 Å². The largest absolute Gasteiger partial charge is 0.340 e. The van der Waals surface area contributed by atoms with E-state index in [-0.39, 0.29) is 6.04 Å². The number of nitrogens with one attached hydrogen (secondary N) is 4. The number of fused-ring (bicyclic) bond motifs is 1. The number of aromatic amines is 2. The fourth-order valence-electron chi connectivity index (χ4n) is 4.62. The second kappa shape index (κ2) is 8.36. The molecule has 0 aliphatic carbocycles. The molecule has 1 saturated heterocycles. The molecule has 2 aromatic heterocycles. The van der Waals surface area contributed by atoms with Gasteiger partial charge in [-0.05, 0) is 61.2 Å². The molecule has 2 unspecified atom stereocenters. The average molecular weight is 435 g/mol. The quantitative estimate of drug-likeness (QED) is 0.285. The van der Waals surface area contributed by atoms with Crippen molar-refractivity contribution in [1.29, 1.82) is 0 Å². The van der Waals surface area contributed by atoms with Crippen LogP contribution in [0.15, 0.2) is 60.4 Å². The summed E-state index contributed by atoms with van der Waals surface area (Å²) in [5.41, 5.74) is 5.35. The maximum atomic E-state index is 4.59. The van der Waals surface area contributed by atoms with Crippen molar-refractivity contribution in [2.45, 2.75) is 31.8 Å². The standard InChI is InChI=1S/C27H26N6/c1-17-11-24(29-14-17)27-31-16-25(33-27)21-8-7-19-12-18(4-6-20(19)13-21)5-9-22-15-30-26(32-22)23-3-2-10-28-23/h4,6-8,11-13,15-16,23-24,28-29H,2-3,10,14H2,1H3,(H,30,32)(H,31,33). The first-order chi connectivity index (χ1) is 16.2. The fraction of sp³-hybridized carbons (Fsp3) is 0.259. The maximum absolute atomic E-state index is 4.59. The zero-order valence-corrected chi connectivity index (χ0v) is 18.6. The minimum absolute atomic E-state index is 0.167. The number of aromatic nitrogens is 4. The van der Waals surface area contributed by atoms with E-state index in [0.717, 1.165) is 53.7 Å². The summed E-state index contributed by atoms with van der Waals surface area (Å²) in [6.07, 6.45) is 8.29. The number of H-pyrrole nitrogens is 2. The number of rotatable bonds is 3. The summed E-state index contributed by atoms with van der Waals surface area (Å²) in [4.78, 5) is 15.9. The molecule has 0 saturated carbocycles. The van der Waals surface area contributed by atoms with Crippen LogP contribution in [0.4, 0.5) is 0 Å². The third kappa shape index (κ3) is 4.09. The van der Waals surface area contributed by atoms with Crippen LogP contribution in [-0.2, 0) is 0 Å². The van der Waals surface area contributed by atoms with Crippen LogP contribution in [0.5, 0.6) is 0 Å². The van der Waals surface area contributed by atoms with E-state index in [4.69, 9.17) is 0 Å². The van der Waals surface area contributed by atoms with Gasteiger partial charge in [0.15, 0.2) is 0 Å². The summed E-state index contributed by atoms with van der Waals surface area (Å²) < 4.78 is 0. The van der Waals surface area contributed by atoms with Gasteiger partial charge in [0.2, 0.25) is 0 Å². The van der Waals surface area contributed by atoms with E-state index in [1.165, 1.54) is 22.8 Å². The number of hydrogen-bond donors (Lipinski definition) is 4. The summed E-state index contributed by atoms with van der Waals surface area (Å²) >= 11 is 0. The van der Waals surface area contributed by atoms with Crippen LogP contribution in [0.3, 0.4) is 0 Å². The van der Waals surface area contributed by atoms with E-state index >= 15 is 0 Å². The van der Waals surface area contributed by atoms with Gasteiger partial charge in [-0.25, -0.2) is 9.97 Å². The van der Waals surface area contributed by atoms with E-state index in [1.54, 1.807) is 0 Å². The van der Waals surface area contributed by atoms with E-state index in [2.05, 4.69) is 91.8 Å². The highest BCUT2D eigenvalue weighted by Gasteiger charge is 2.19. The van der Waals surface area contributed by atoms with Gasteiger partial charge in [0.1, 0.15) is 17.3 Å². The number of nitrogens with zero attached hydrogens (tertiary/aromatic N) is 2. The Morgan fingerprint density at radius 3 is 2.64 bits per heavy atom. The highest BCUT2D eigenvalue weighted by molar-refractivity contribution is 5.88. The van der Waals surface area contributed by atoms with Gasteiger partial charge in [0, 0.05) is 17.7 Å². The van der Waals surface area contributed by atoms with E-state index in [0.29, 0.717) is 6.04 Å². The van der Waals surface area contributed by atoms with Gasteiger partial charge in [-0.3, -0.25) is 0 Å². The Kier molecular flexibility index (Phi) is 5.06. The topological polar surface area (TPSA) is 81.4 Å². The maximum Gasteiger partial charge on any atom is 0.127 e. The Morgan fingerprint density at radius 1 is 0.909 bits per heavy atom. The van der Waals surface area contributed by atoms with Crippen molar-refractivity contribution in [1.82, 2.24) is 30.6 Å². The minimum atomic E-state index is 0.167. The van der Waals surface area contributed by atoms with Crippen LogP contribution in [-0.4, -0.2) is 33.0 Å². The Bertz CT molecular complexity index is 1410. The third-order valence-corrected chi connectivity index (χ3v) is 6.42. The molecule has 4 aromatic rings. The van der Waals surface area contributed by atoms with Gasteiger partial charge in [0.05, 0.1) is 30.2 Å². The fourth-order valence-corrected chi connectivity index (χ4v) is 4.62. The van der Waals surface area contributed by atoms with Gasteiger partial charge in [-0.1, -0.05) is 35.8 Å². The Labute approximate surface area is 192 Å². The van der Waals surface area contributed by atoms with Crippen molar-refractivity contribution in [3.05, 3.63) is 83.3 Å². The van der Waals surface area contributed by atoms with Crippen LogP contribution in [0.25, 0.3) is 22.0 Å². The molecule has 6 heteroatoms. The molecule has 6 rings (SSSR count). The van der Waals surface area contributed by atoms with Crippen LogP contribution in [0, 0.1) is 11.8 Å². The molecule has 33 heavy (non-hydrogen) atoms. The van der Waals surface area contributed by atoms with E-state index in [9.17, 15) is 0 Å². The summed E-state index contributed by atoms with van der Waals surface area (Å²) in [7, 11) is 0. The smallest absolute Gasteiger partial charge is 0.127 e. The van der Waals surface area contributed by atoms with Crippen molar-refractivity contribution in [3.8, 4) is 23.1 Å². The van der Waals surface area contributed by atoms with Gasteiger partial charge in [0.25, 0.3) is 0 Å². The molecular weight excluding hydrogens is 408 g/mol. The molecule has 2 atom stereocenters. The molecule has 4 heterocycles. The van der Waals surface area contributed by atoms with Crippen LogP contribution in [0.2, 0.25) is 0 Å². The molecular formula is C27H26N6. The number of benzene rings is 2. The molecule has 0 radical (unpaired) electrons. The lowest BCUT2D eigenvalue weighted by Gasteiger charge is -2.05. The van der Waals surface area contributed by atoms with E-state index < -0.39 is 0 Å². The first-order valence-electron chi connectivity index (χ1n) is 11.5. The first-order valence-corrected chi connectivity index (χ1v) is 11.5. The molecule has 0 bridgehead atoms. The molecule has 2 aliphatic heterocycles. The average Bonchev–Trinajstić information content (AvgIpc) is 3.64. The van der Waals surface area contributed by atoms with Crippen molar-refractivity contribution < 1.29 is 0 Å².